The first-order valence-electron chi connectivity index (χ1n) is 10.6. The molecule has 0 bridgehead atoms. The van der Waals surface area contributed by atoms with Crippen LogP contribution in [0.2, 0.25) is 0 Å². The van der Waals surface area contributed by atoms with Crippen LogP contribution in [0.15, 0.2) is 54.9 Å². The van der Waals surface area contributed by atoms with Crippen LogP contribution in [0.5, 0.6) is 11.5 Å². The van der Waals surface area contributed by atoms with Gasteiger partial charge in [0.2, 0.25) is 6.79 Å². The maximum absolute atomic E-state index is 11.2. The number of ether oxygens (including phenoxy) is 2. The molecule has 0 unspecified atom stereocenters. The SMILES string of the molecule is CC(=O)c1ccc(-c2cccc3c2OCO3)cc1.CCCC(CCC)c1ncc[nH]1. The molecule has 1 aliphatic heterocycles. The minimum Gasteiger partial charge on any atom is -0.454 e. The summed E-state index contributed by atoms with van der Waals surface area (Å²) >= 11 is 0. The minimum absolute atomic E-state index is 0.0689. The average Bonchev–Trinajstić information content (AvgIpc) is 3.46. The molecule has 0 saturated heterocycles. The fourth-order valence-corrected chi connectivity index (χ4v) is 3.66. The van der Waals surface area contributed by atoms with Crippen molar-refractivity contribution in [3.8, 4) is 22.6 Å². The summed E-state index contributed by atoms with van der Waals surface area (Å²) in [5.74, 6) is 3.42. The lowest BCUT2D eigenvalue weighted by molar-refractivity contribution is 0.101. The van der Waals surface area contributed by atoms with Crippen molar-refractivity contribution in [2.75, 3.05) is 6.79 Å². The first kappa shape index (κ1) is 21.6. The van der Waals surface area contributed by atoms with E-state index in [2.05, 4.69) is 23.8 Å². The second-order valence-corrected chi connectivity index (χ2v) is 7.42. The van der Waals surface area contributed by atoms with Crippen LogP contribution < -0.4 is 9.47 Å². The molecule has 158 valence electrons. The molecule has 0 saturated carbocycles. The first-order chi connectivity index (χ1) is 14.6. The number of Topliss-reactive ketones (excluding diaryl/α,β-unsaturated/α-hetero) is 1. The molecule has 1 aliphatic rings. The number of nitrogens with one attached hydrogen (secondary N) is 1. The smallest absolute Gasteiger partial charge is 0.231 e. The highest BCUT2D eigenvalue weighted by Gasteiger charge is 2.18. The number of hydrogen-bond donors (Lipinski definition) is 1. The zero-order valence-corrected chi connectivity index (χ0v) is 18.0. The molecule has 30 heavy (non-hydrogen) atoms. The Morgan fingerprint density at radius 2 is 1.80 bits per heavy atom. The number of fused-ring (bicyclic) bond motifs is 1. The molecule has 0 amide bonds. The second-order valence-electron chi connectivity index (χ2n) is 7.42. The topological polar surface area (TPSA) is 64.2 Å². The zero-order chi connectivity index (χ0) is 21.3. The maximum atomic E-state index is 11.2. The van der Waals surface area contributed by atoms with Gasteiger partial charge in [0.05, 0.1) is 0 Å². The summed E-state index contributed by atoms with van der Waals surface area (Å²) < 4.78 is 10.8. The van der Waals surface area contributed by atoms with Crippen molar-refractivity contribution in [1.82, 2.24) is 9.97 Å². The van der Waals surface area contributed by atoms with E-state index in [1.165, 1.54) is 31.5 Å². The standard InChI is InChI=1S/C15H12O3.C10H18N2/c1-10(16)11-5-7-12(8-6-11)13-3-2-4-14-15(13)18-9-17-14;1-3-5-9(6-4-2)10-11-7-8-12-10/h2-8H,9H2,1H3;7-9H,3-6H2,1-2H3,(H,11,12). The van der Waals surface area contributed by atoms with Crippen LogP contribution >= 0.6 is 0 Å². The van der Waals surface area contributed by atoms with Crippen LogP contribution in [0.1, 0.15) is 68.6 Å². The summed E-state index contributed by atoms with van der Waals surface area (Å²) in [5.41, 5.74) is 2.71. The Kier molecular flexibility index (Phi) is 7.66. The maximum Gasteiger partial charge on any atom is 0.231 e. The van der Waals surface area contributed by atoms with E-state index in [0.29, 0.717) is 11.5 Å². The number of imidazole rings is 1. The molecule has 1 N–H and O–H groups in total. The number of hydrogen-bond acceptors (Lipinski definition) is 4. The Balaban J connectivity index is 0.000000187. The number of H-pyrrole nitrogens is 1. The van der Waals surface area contributed by atoms with Crippen molar-refractivity contribution >= 4 is 5.78 Å². The number of carbonyl (C=O) groups is 1. The van der Waals surface area contributed by atoms with Gasteiger partial charge in [-0.25, -0.2) is 4.98 Å². The van der Waals surface area contributed by atoms with E-state index in [0.717, 1.165) is 22.6 Å². The highest BCUT2D eigenvalue weighted by atomic mass is 16.7. The van der Waals surface area contributed by atoms with E-state index in [1.807, 2.05) is 54.9 Å². The number of aromatic amines is 1. The molecule has 5 nitrogen and oxygen atoms in total. The molecule has 0 atom stereocenters. The van der Waals surface area contributed by atoms with Gasteiger partial charge in [-0.05, 0) is 31.4 Å². The number of rotatable bonds is 7. The van der Waals surface area contributed by atoms with E-state index >= 15 is 0 Å². The minimum atomic E-state index is 0.0689. The third kappa shape index (κ3) is 5.29. The van der Waals surface area contributed by atoms with E-state index in [9.17, 15) is 4.79 Å². The highest BCUT2D eigenvalue weighted by molar-refractivity contribution is 5.94. The van der Waals surface area contributed by atoms with Crippen LogP contribution in [0.25, 0.3) is 11.1 Å². The average molecular weight is 407 g/mol. The molecule has 1 aromatic heterocycles. The van der Waals surface area contributed by atoms with Gasteiger partial charge in [-0.2, -0.15) is 0 Å². The fourth-order valence-electron chi connectivity index (χ4n) is 3.66. The van der Waals surface area contributed by atoms with Gasteiger partial charge in [0.25, 0.3) is 0 Å². The number of para-hydroxylation sites is 1. The van der Waals surface area contributed by atoms with Crippen molar-refractivity contribution in [3.63, 3.8) is 0 Å². The summed E-state index contributed by atoms with van der Waals surface area (Å²) in [6.07, 6.45) is 8.74. The largest absolute Gasteiger partial charge is 0.454 e. The lowest BCUT2D eigenvalue weighted by Gasteiger charge is -2.11. The van der Waals surface area contributed by atoms with E-state index < -0.39 is 0 Å². The number of benzene rings is 2. The monoisotopic (exact) mass is 406 g/mol. The molecule has 3 aromatic rings. The number of aromatic nitrogens is 2. The summed E-state index contributed by atoms with van der Waals surface area (Å²) in [4.78, 5) is 18.7. The third-order valence-electron chi connectivity index (χ3n) is 5.18. The molecular weight excluding hydrogens is 376 g/mol. The van der Waals surface area contributed by atoms with Gasteiger partial charge in [-0.1, -0.05) is 63.1 Å². The van der Waals surface area contributed by atoms with Crippen LogP contribution in [-0.4, -0.2) is 22.5 Å². The Bertz CT molecular complexity index is 928. The summed E-state index contributed by atoms with van der Waals surface area (Å²) in [6.45, 7) is 6.28. The molecule has 5 heteroatoms. The fraction of sp³-hybridized carbons (Fsp3) is 0.360. The van der Waals surface area contributed by atoms with Crippen LogP contribution in [-0.2, 0) is 0 Å². The number of nitrogens with zero attached hydrogens (tertiary/aromatic N) is 1. The Morgan fingerprint density at radius 3 is 2.40 bits per heavy atom. The van der Waals surface area contributed by atoms with Crippen molar-refractivity contribution in [3.05, 3.63) is 66.2 Å². The number of ketones is 1. The van der Waals surface area contributed by atoms with E-state index in [-0.39, 0.29) is 12.6 Å². The van der Waals surface area contributed by atoms with Crippen LogP contribution in [0.3, 0.4) is 0 Å². The van der Waals surface area contributed by atoms with Crippen LogP contribution in [0.4, 0.5) is 0 Å². The van der Waals surface area contributed by atoms with Gasteiger partial charge < -0.3 is 14.5 Å². The highest BCUT2D eigenvalue weighted by Crippen LogP contribution is 2.41. The van der Waals surface area contributed by atoms with E-state index in [1.54, 1.807) is 6.92 Å². The Hall–Kier alpha value is -3.08. The third-order valence-corrected chi connectivity index (χ3v) is 5.18. The molecule has 2 heterocycles. The zero-order valence-electron chi connectivity index (χ0n) is 18.0. The number of carbonyl (C=O) groups excluding carboxylic acids is 1. The quantitative estimate of drug-likeness (QED) is 0.463. The lowest BCUT2D eigenvalue weighted by atomic mass is 9.98. The Morgan fingerprint density at radius 1 is 1.07 bits per heavy atom. The molecule has 0 aliphatic carbocycles. The van der Waals surface area contributed by atoms with Crippen molar-refractivity contribution in [2.45, 2.75) is 52.4 Å². The molecule has 2 aromatic carbocycles. The van der Waals surface area contributed by atoms with Gasteiger partial charge in [-0.15, -0.1) is 0 Å². The van der Waals surface area contributed by atoms with Gasteiger partial charge >= 0.3 is 0 Å². The molecule has 4 rings (SSSR count). The Labute approximate surface area is 178 Å². The van der Waals surface area contributed by atoms with E-state index in [4.69, 9.17) is 9.47 Å². The summed E-state index contributed by atoms with van der Waals surface area (Å²) in [6, 6.07) is 13.3. The second kappa shape index (κ2) is 10.6. The van der Waals surface area contributed by atoms with Crippen LogP contribution in [0, 0.1) is 0 Å². The van der Waals surface area contributed by atoms with Gasteiger partial charge in [-0.3, -0.25) is 4.79 Å². The predicted molar refractivity (Wildman–Crippen MR) is 119 cm³/mol. The normalized spacial score (nSPS) is 11.9. The van der Waals surface area contributed by atoms with Crippen molar-refractivity contribution in [2.24, 2.45) is 0 Å². The van der Waals surface area contributed by atoms with Gasteiger partial charge in [0, 0.05) is 29.4 Å². The van der Waals surface area contributed by atoms with Gasteiger partial charge in [0.1, 0.15) is 5.82 Å². The predicted octanol–water partition coefficient (Wildman–Crippen LogP) is 6.38. The molecular formula is C25H30N2O3. The summed E-state index contributed by atoms with van der Waals surface area (Å²) in [5, 5.41) is 0. The van der Waals surface area contributed by atoms with Crippen molar-refractivity contribution in [1.29, 1.82) is 0 Å². The molecule has 0 radical (unpaired) electrons. The lowest BCUT2D eigenvalue weighted by Crippen LogP contribution is -2.00. The summed E-state index contributed by atoms with van der Waals surface area (Å²) in [7, 11) is 0. The van der Waals surface area contributed by atoms with Crippen molar-refractivity contribution < 1.29 is 14.3 Å². The first-order valence-corrected chi connectivity index (χ1v) is 10.6. The van der Waals surface area contributed by atoms with Gasteiger partial charge in [0.15, 0.2) is 17.3 Å². The molecule has 0 spiro atoms. The molecule has 0 fully saturated rings.